The van der Waals surface area contributed by atoms with Gasteiger partial charge in [0.25, 0.3) is 5.69 Å². The molecule has 0 spiro atoms. The van der Waals surface area contributed by atoms with Gasteiger partial charge in [-0.2, -0.15) is 11.8 Å². The van der Waals surface area contributed by atoms with Crippen molar-refractivity contribution in [2.75, 3.05) is 22.6 Å². The second-order valence-electron chi connectivity index (χ2n) is 5.04. The van der Waals surface area contributed by atoms with Crippen molar-refractivity contribution in [3.05, 3.63) is 27.8 Å². The van der Waals surface area contributed by atoms with Crippen LogP contribution in [0, 0.1) is 10.1 Å². The van der Waals surface area contributed by atoms with Crippen LogP contribution in [0.1, 0.15) is 25.3 Å². The molecule has 114 valence electrons. The van der Waals surface area contributed by atoms with Crippen LogP contribution in [0.4, 0.5) is 17.1 Å². The third-order valence-electron chi connectivity index (χ3n) is 3.53. The summed E-state index contributed by atoms with van der Waals surface area (Å²) in [5.74, 6) is 0.829. The van der Waals surface area contributed by atoms with Crippen LogP contribution in [-0.2, 0) is 11.2 Å². The monoisotopic (exact) mass is 309 g/mol. The number of benzene rings is 1. The first-order valence-corrected chi connectivity index (χ1v) is 8.31. The van der Waals surface area contributed by atoms with E-state index in [1.165, 1.54) is 0 Å². The summed E-state index contributed by atoms with van der Waals surface area (Å²) in [6.07, 6.45) is 3.80. The highest BCUT2D eigenvalue weighted by molar-refractivity contribution is 7.98. The molecule has 1 atom stereocenters. The topological polar surface area (TPSA) is 84.3 Å². The first kappa shape index (κ1) is 15.6. The van der Waals surface area contributed by atoms with Crippen molar-refractivity contribution in [1.82, 2.24) is 0 Å². The average molecular weight is 309 g/mol. The zero-order valence-corrected chi connectivity index (χ0v) is 13.0. The van der Waals surface area contributed by atoms with Gasteiger partial charge in [0.15, 0.2) is 0 Å². The zero-order valence-electron chi connectivity index (χ0n) is 12.1. The summed E-state index contributed by atoms with van der Waals surface area (Å²) in [6.45, 7) is 2.04. The summed E-state index contributed by atoms with van der Waals surface area (Å²) >= 11 is 1.69. The molecule has 0 aromatic heterocycles. The van der Waals surface area contributed by atoms with E-state index < -0.39 is 0 Å². The lowest BCUT2D eigenvalue weighted by molar-refractivity contribution is -0.384. The Kier molecular flexibility index (Phi) is 5.06. The fourth-order valence-corrected chi connectivity index (χ4v) is 3.09. The Morgan fingerprint density at radius 1 is 1.48 bits per heavy atom. The Labute approximate surface area is 127 Å². The largest absolute Gasteiger partial charge is 0.376 e. The molecule has 1 amide bonds. The Balaban J connectivity index is 2.35. The van der Waals surface area contributed by atoms with Gasteiger partial charge in [-0.05, 0) is 30.7 Å². The van der Waals surface area contributed by atoms with Gasteiger partial charge in [-0.25, -0.2) is 0 Å². The first-order valence-electron chi connectivity index (χ1n) is 6.91. The number of fused-ring (bicyclic) bond motifs is 1. The van der Waals surface area contributed by atoms with E-state index in [0.717, 1.165) is 17.7 Å². The molecule has 0 fully saturated rings. The minimum absolute atomic E-state index is 0.0431. The number of amides is 1. The van der Waals surface area contributed by atoms with Gasteiger partial charge >= 0.3 is 0 Å². The van der Waals surface area contributed by atoms with Gasteiger partial charge in [0.1, 0.15) is 5.69 Å². The number of carbonyl (C=O) groups excluding carboxylic acids is 1. The summed E-state index contributed by atoms with van der Waals surface area (Å²) in [6, 6.07) is 3.42. The second-order valence-corrected chi connectivity index (χ2v) is 5.95. The number of hydrogen-bond donors (Lipinski definition) is 2. The third-order valence-corrected chi connectivity index (χ3v) is 4.27. The Morgan fingerprint density at radius 2 is 2.24 bits per heavy atom. The molecule has 0 saturated carbocycles. The number of anilines is 2. The van der Waals surface area contributed by atoms with E-state index in [1.807, 2.05) is 13.2 Å². The minimum Gasteiger partial charge on any atom is -0.376 e. The molecule has 0 aliphatic carbocycles. The van der Waals surface area contributed by atoms with Gasteiger partial charge in [0.2, 0.25) is 5.91 Å². The highest BCUT2D eigenvalue weighted by atomic mass is 32.2. The quantitative estimate of drug-likeness (QED) is 0.623. The number of carbonyl (C=O) groups is 1. The van der Waals surface area contributed by atoms with E-state index in [4.69, 9.17) is 0 Å². The van der Waals surface area contributed by atoms with Crippen molar-refractivity contribution >= 4 is 34.7 Å². The fraction of sp³-hybridized carbons (Fsp3) is 0.500. The third kappa shape index (κ3) is 3.66. The summed E-state index contributed by atoms with van der Waals surface area (Å²) < 4.78 is 0. The minimum atomic E-state index is -0.370. The van der Waals surface area contributed by atoms with E-state index in [-0.39, 0.29) is 22.6 Å². The number of nitrogens with one attached hydrogen (secondary N) is 2. The van der Waals surface area contributed by atoms with Crippen LogP contribution in [-0.4, -0.2) is 28.9 Å². The van der Waals surface area contributed by atoms with Gasteiger partial charge in [-0.15, -0.1) is 0 Å². The van der Waals surface area contributed by atoms with Gasteiger partial charge in [-0.1, -0.05) is 6.92 Å². The van der Waals surface area contributed by atoms with E-state index >= 15 is 0 Å². The molecule has 6 nitrogen and oxygen atoms in total. The smallest absolute Gasteiger partial charge is 0.292 e. The summed E-state index contributed by atoms with van der Waals surface area (Å²) in [4.78, 5) is 22.4. The van der Waals surface area contributed by atoms with Crippen LogP contribution in [0.25, 0.3) is 0 Å². The van der Waals surface area contributed by atoms with Crippen molar-refractivity contribution in [3.63, 3.8) is 0 Å². The molecule has 1 aromatic rings. The van der Waals surface area contributed by atoms with Crippen LogP contribution >= 0.6 is 11.8 Å². The van der Waals surface area contributed by atoms with Gasteiger partial charge in [-0.3, -0.25) is 14.9 Å². The highest BCUT2D eigenvalue weighted by Gasteiger charge is 2.23. The molecule has 2 N–H and O–H groups in total. The van der Waals surface area contributed by atoms with Crippen molar-refractivity contribution in [2.45, 2.75) is 32.2 Å². The molecule has 0 radical (unpaired) electrons. The van der Waals surface area contributed by atoms with Crippen LogP contribution in [0.15, 0.2) is 12.1 Å². The molecule has 1 aromatic carbocycles. The number of rotatable bonds is 6. The Morgan fingerprint density at radius 3 is 2.86 bits per heavy atom. The molecular weight excluding hydrogens is 290 g/mol. The second kappa shape index (κ2) is 6.80. The number of nitro groups is 1. The van der Waals surface area contributed by atoms with Crippen molar-refractivity contribution in [1.29, 1.82) is 0 Å². The lowest BCUT2D eigenvalue weighted by atomic mass is 10.0. The number of nitro benzene ring substituents is 1. The molecule has 1 aliphatic rings. The molecule has 7 heteroatoms. The van der Waals surface area contributed by atoms with Crippen LogP contribution < -0.4 is 10.6 Å². The van der Waals surface area contributed by atoms with Gasteiger partial charge in [0.05, 0.1) is 4.92 Å². The molecule has 0 saturated heterocycles. The van der Waals surface area contributed by atoms with Crippen LogP contribution in [0.5, 0.6) is 0 Å². The predicted molar refractivity (Wildman–Crippen MR) is 86.1 cm³/mol. The SMILES string of the molecule is CCC(CSC)Nc1cc2c(cc1[N+](=O)[O-])CCC(=O)N2. The van der Waals surface area contributed by atoms with E-state index in [9.17, 15) is 14.9 Å². The lowest BCUT2D eigenvalue weighted by Gasteiger charge is -2.21. The van der Waals surface area contributed by atoms with Gasteiger partial charge in [0, 0.05) is 30.0 Å². The number of hydrogen-bond acceptors (Lipinski definition) is 5. The van der Waals surface area contributed by atoms with Crippen molar-refractivity contribution in [3.8, 4) is 0 Å². The number of aryl methyl sites for hydroxylation is 1. The Hall–Kier alpha value is -1.76. The maximum Gasteiger partial charge on any atom is 0.292 e. The number of thioether (sulfide) groups is 1. The highest BCUT2D eigenvalue weighted by Crippen LogP contribution is 2.34. The van der Waals surface area contributed by atoms with Crippen LogP contribution in [0.2, 0.25) is 0 Å². The molecule has 1 unspecified atom stereocenters. The molecule has 1 aliphatic heterocycles. The van der Waals surface area contributed by atoms with E-state index in [2.05, 4.69) is 10.6 Å². The predicted octanol–water partition coefficient (Wildman–Crippen LogP) is 3.03. The lowest BCUT2D eigenvalue weighted by Crippen LogP contribution is -2.23. The van der Waals surface area contributed by atoms with E-state index in [0.29, 0.717) is 24.2 Å². The maximum absolute atomic E-state index is 11.5. The van der Waals surface area contributed by atoms with Crippen molar-refractivity contribution in [2.24, 2.45) is 0 Å². The Bertz CT molecular complexity index is 563. The molecule has 21 heavy (non-hydrogen) atoms. The summed E-state index contributed by atoms with van der Waals surface area (Å²) in [5.41, 5.74) is 2.05. The van der Waals surface area contributed by atoms with Gasteiger partial charge < -0.3 is 10.6 Å². The first-order chi connectivity index (χ1) is 10.0. The van der Waals surface area contributed by atoms with Crippen LogP contribution in [0.3, 0.4) is 0 Å². The molecule has 0 bridgehead atoms. The van der Waals surface area contributed by atoms with E-state index in [1.54, 1.807) is 23.9 Å². The molecule has 2 rings (SSSR count). The maximum atomic E-state index is 11.5. The fourth-order valence-electron chi connectivity index (χ4n) is 2.36. The molecular formula is C14H19N3O3S. The molecule has 1 heterocycles. The van der Waals surface area contributed by atoms with Crippen molar-refractivity contribution < 1.29 is 9.72 Å². The summed E-state index contributed by atoms with van der Waals surface area (Å²) in [7, 11) is 0. The zero-order chi connectivity index (χ0) is 15.4. The summed E-state index contributed by atoms with van der Waals surface area (Å²) in [5, 5.41) is 17.3. The normalized spacial score (nSPS) is 15.0. The average Bonchev–Trinajstić information content (AvgIpc) is 2.45. The standard InChI is InChI=1S/C14H19N3O3S/c1-3-10(8-21-2)15-12-7-11-9(4-5-14(18)16-11)6-13(12)17(19)20/h6-7,10,15H,3-5,8H2,1-2H3,(H,16,18). The number of nitrogens with zero attached hydrogens (tertiary/aromatic N) is 1.